The van der Waals surface area contributed by atoms with Crippen LogP contribution < -0.4 is 10.2 Å². The third kappa shape index (κ3) is 2.57. The number of carbonyl (C=O) groups excluding carboxylic acids is 2. The minimum Gasteiger partial charge on any atom is -0.324 e. The number of hydrogen-bond donors (Lipinski definition) is 1. The van der Waals surface area contributed by atoms with Crippen LogP contribution in [0.25, 0.3) is 0 Å². The first-order chi connectivity index (χ1) is 14.7. The van der Waals surface area contributed by atoms with Crippen molar-refractivity contribution >= 4 is 23.2 Å². The van der Waals surface area contributed by atoms with Crippen molar-refractivity contribution < 1.29 is 9.59 Å². The highest BCUT2D eigenvalue weighted by Gasteiger charge is 2.74. The molecule has 6 rings (SSSR count). The molecule has 1 N–H and O–H groups in total. The van der Waals surface area contributed by atoms with Crippen LogP contribution in [-0.2, 0) is 9.59 Å². The lowest BCUT2D eigenvalue weighted by Gasteiger charge is -2.75. The van der Waals surface area contributed by atoms with Gasteiger partial charge in [-0.1, -0.05) is 50.7 Å². The van der Waals surface area contributed by atoms with Gasteiger partial charge in [-0.15, -0.1) is 0 Å². The summed E-state index contributed by atoms with van der Waals surface area (Å²) in [5.74, 6) is -0.207. The zero-order valence-corrected chi connectivity index (χ0v) is 17.8. The number of carbonyl (C=O) groups is 2. The molecule has 3 saturated carbocycles. The van der Waals surface area contributed by atoms with Crippen LogP contribution in [0.1, 0.15) is 77.0 Å². The third-order valence-electron chi connectivity index (χ3n) is 8.94. The smallest absolute Gasteiger partial charge is 0.236 e. The molecule has 3 aliphatic carbocycles. The Balaban J connectivity index is 1.30. The lowest BCUT2D eigenvalue weighted by atomic mass is 9.49. The van der Waals surface area contributed by atoms with Crippen LogP contribution in [0.15, 0.2) is 24.3 Å². The van der Waals surface area contributed by atoms with E-state index in [-0.39, 0.29) is 29.7 Å². The van der Waals surface area contributed by atoms with Gasteiger partial charge in [0.15, 0.2) is 0 Å². The van der Waals surface area contributed by atoms with E-state index in [0.717, 1.165) is 23.8 Å². The van der Waals surface area contributed by atoms with E-state index in [9.17, 15) is 9.59 Å². The van der Waals surface area contributed by atoms with E-state index in [1.54, 1.807) is 0 Å². The zero-order chi connectivity index (χ0) is 20.3. The minimum atomic E-state index is -0.184. The highest BCUT2D eigenvalue weighted by Crippen LogP contribution is 2.68. The van der Waals surface area contributed by atoms with Gasteiger partial charge in [0.1, 0.15) is 6.42 Å². The molecule has 1 saturated heterocycles. The maximum absolute atomic E-state index is 13.2. The number of nitrogens with one attached hydrogen (secondary N) is 1. The number of fused-ring (bicyclic) bond motifs is 1. The average Bonchev–Trinajstić information content (AvgIpc) is 3.07. The molecule has 2 heterocycles. The monoisotopic (exact) mass is 407 g/mol. The van der Waals surface area contributed by atoms with Crippen molar-refractivity contribution in [2.24, 2.45) is 5.41 Å². The zero-order valence-electron chi connectivity index (χ0n) is 17.8. The highest BCUT2D eigenvalue weighted by atomic mass is 16.2. The molecule has 30 heavy (non-hydrogen) atoms. The Morgan fingerprint density at radius 2 is 1.63 bits per heavy atom. The number of hydrogen-bond acceptors (Lipinski definition) is 3. The molecule has 1 unspecified atom stereocenters. The van der Waals surface area contributed by atoms with Gasteiger partial charge in [0.05, 0.1) is 11.4 Å². The fraction of sp³-hybridized carbons (Fsp3) is 0.680. The predicted molar refractivity (Wildman–Crippen MR) is 117 cm³/mol. The Morgan fingerprint density at radius 1 is 0.867 bits per heavy atom. The predicted octanol–water partition coefficient (Wildman–Crippen LogP) is 4.47. The summed E-state index contributed by atoms with van der Waals surface area (Å²) >= 11 is 0. The van der Waals surface area contributed by atoms with Crippen LogP contribution in [0.2, 0.25) is 0 Å². The normalized spacial score (nSPS) is 36.9. The molecule has 1 spiro atoms. The second-order valence-electron chi connectivity index (χ2n) is 10.2. The molecule has 0 bridgehead atoms. The molecule has 160 valence electrons. The summed E-state index contributed by atoms with van der Waals surface area (Å²) < 4.78 is 0. The fourth-order valence-corrected chi connectivity index (χ4v) is 7.76. The van der Waals surface area contributed by atoms with E-state index in [1.807, 2.05) is 29.2 Å². The van der Waals surface area contributed by atoms with Crippen LogP contribution in [0, 0.1) is 5.41 Å². The van der Waals surface area contributed by atoms with Gasteiger partial charge in [0.25, 0.3) is 0 Å². The first kappa shape index (κ1) is 18.9. The van der Waals surface area contributed by atoms with E-state index in [1.165, 1.54) is 64.2 Å². The first-order valence-electron chi connectivity index (χ1n) is 12.2. The summed E-state index contributed by atoms with van der Waals surface area (Å²) in [7, 11) is 0. The van der Waals surface area contributed by atoms with Crippen molar-refractivity contribution in [3.63, 3.8) is 0 Å². The maximum atomic E-state index is 13.2. The molecular formula is C25H33N3O2. The van der Waals surface area contributed by atoms with E-state index in [4.69, 9.17) is 0 Å². The lowest BCUT2D eigenvalue weighted by Crippen LogP contribution is -2.85. The Kier molecular flexibility index (Phi) is 4.45. The van der Waals surface area contributed by atoms with E-state index in [0.29, 0.717) is 12.1 Å². The molecule has 4 atom stereocenters. The fourth-order valence-electron chi connectivity index (χ4n) is 7.76. The highest BCUT2D eigenvalue weighted by molar-refractivity contribution is 6.14. The van der Waals surface area contributed by atoms with Crippen molar-refractivity contribution in [3.05, 3.63) is 24.3 Å². The molecule has 1 aromatic rings. The molecule has 5 aliphatic rings. The van der Waals surface area contributed by atoms with Gasteiger partial charge >= 0.3 is 0 Å². The molecule has 0 aromatic heterocycles. The van der Waals surface area contributed by atoms with Crippen LogP contribution >= 0.6 is 0 Å². The Hall–Kier alpha value is -1.88. The van der Waals surface area contributed by atoms with E-state index >= 15 is 0 Å². The summed E-state index contributed by atoms with van der Waals surface area (Å²) in [5.41, 5.74) is 1.96. The number of nitrogens with zero attached hydrogens (tertiary/aromatic N) is 2. The van der Waals surface area contributed by atoms with Crippen LogP contribution in [0.3, 0.4) is 0 Å². The molecule has 2 aliphatic heterocycles. The number of likely N-dealkylation sites (tertiary alicyclic amines) is 1. The van der Waals surface area contributed by atoms with E-state index < -0.39 is 0 Å². The quantitative estimate of drug-likeness (QED) is 0.736. The Labute approximate surface area is 179 Å². The van der Waals surface area contributed by atoms with Crippen molar-refractivity contribution in [2.45, 2.75) is 101 Å². The minimum absolute atomic E-state index is 0.0228. The van der Waals surface area contributed by atoms with Gasteiger partial charge in [-0.2, -0.15) is 0 Å². The second-order valence-corrected chi connectivity index (χ2v) is 10.2. The van der Waals surface area contributed by atoms with Gasteiger partial charge in [0, 0.05) is 29.6 Å². The number of para-hydroxylation sites is 2. The lowest BCUT2D eigenvalue weighted by molar-refractivity contribution is -0.223. The standard InChI is InChI=1S/C25H33N3O2/c29-23-16-24(30)28(19-12-7-6-11-18(19)26-23)22-15-21-25(22)14-8-13-20(25)27(21)17-9-4-2-1-3-5-10-17/h6-7,11-12,17,20-22H,1-5,8-10,13-16H2,(H,26,29)/t20-,21-,22-,25?/m1/s1. The number of amides is 2. The molecule has 5 nitrogen and oxygen atoms in total. The van der Waals surface area contributed by atoms with Crippen molar-refractivity contribution in [2.75, 3.05) is 10.2 Å². The first-order valence-corrected chi connectivity index (χ1v) is 12.2. The topological polar surface area (TPSA) is 52.7 Å². The van der Waals surface area contributed by atoms with Gasteiger partial charge in [0.2, 0.25) is 11.8 Å². The number of piperidine rings is 1. The number of rotatable bonds is 2. The van der Waals surface area contributed by atoms with Gasteiger partial charge in [-0.05, 0) is 44.2 Å². The number of anilines is 2. The molecule has 5 heteroatoms. The molecular weight excluding hydrogens is 374 g/mol. The SMILES string of the molecule is O=C1CC(=O)N([C@@H]2C[C@H]3N(C4CCCCCCC4)[C@@H]4CCCC243)c2ccccc2N1. The van der Waals surface area contributed by atoms with Crippen molar-refractivity contribution in [1.29, 1.82) is 0 Å². The summed E-state index contributed by atoms with van der Waals surface area (Å²) in [6, 6.07) is 10.1. The summed E-state index contributed by atoms with van der Waals surface area (Å²) in [6.45, 7) is 0. The van der Waals surface area contributed by atoms with Crippen LogP contribution in [0.5, 0.6) is 0 Å². The summed E-state index contributed by atoms with van der Waals surface area (Å²) in [5, 5.41) is 2.95. The van der Waals surface area contributed by atoms with E-state index in [2.05, 4.69) is 10.2 Å². The summed E-state index contributed by atoms with van der Waals surface area (Å²) in [6.07, 6.45) is 14.5. The Morgan fingerprint density at radius 3 is 2.47 bits per heavy atom. The van der Waals surface area contributed by atoms with Crippen molar-refractivity contribution in [3.8, 4) is 0 Å². The number of benzene rings is 1. The second kappa shape index (κ2) is 7.08. The molecule has 1 aromatic carbocycles. The van der Waals surface area contributed by atoms with Crippen LogP contribution in [-0.4, -0.2) is 40.9 Å². The van der Waals surface area contributed by atoms with Crippen molar-refractivity contribution in [1.82, 2.24) is 4.90 Å². The molecule has 4 fully saturated rings. The van der Waals surface area contributed by atoms with Gasteiger partial charge in [-0.25, -0.2) is 0 Å². The third-order valence-corrected chi connectivity index (χ3v) is 8.94. The Bertz CT molecular complexity index is 862. The van der Waals surface area contributed by atoms with Gasteiger partial charge < -0.3 is 10.2 Å². The molecule has 0 radical (unpaired) electrons. The largest absolute Gasteiger partial charge is 0.324 e. The van der Waals surface area contributed by atoms with Crippen LogP contribution in [0.4, 0.5) is 11.4 Å². The van der Waals surface area contributed by atoms with Gasteiger partial charge in [-0.3, -0.25) is 14.5 Å². The maximum Gasteiger partial charge on any atom is 0.236 e. The molecule has 2 amide bonds. The average molecular weight is 408 g/mol. The summed E-state index contributed by atoms with van der Waals surface area (Å²) in [4.78, 5) is 30.4.